The molecule has 202 valence electrons. The average molecular weight is 565 g/mol. The lowest BCUT2D eigenvalue weighted by Crippen LogP contribution is -2.24. The maximum Gasteiger partial charge on any atom is 0.267 e. The van der Waals surface area contributed by atoms with Gasteiger partial charge in [-0.1, -0.05) is 30.0 Å². The Labute approximate surface area is 233 Å². The molecule has 1 aliphatic rings. The highest BCUT2D eigenvalue weighted by molar-refractivity contribution is 7.99. The summed E-state index contributed by atoms with van der Waals surface area (Å²) in [5.41, 5.74) is 4.96. The number of carbonyl (C=O) groups is 1. The van der Waals surface area contributed by atoms with Gasteiger partial charge in [0.1, 0.15) is 4.83 Å². The first-order chi connectivity index (χ1) is 19.0. The second-order valence-corrected chi connectivity index (χ2v) is 10.8. The Morgan fingerprint density at radius 3 is 2.51 bits per heavy atom. The first-order valence-electron chi connectivity index (χ1n) is 12.4. The molecule has 0 fully saturated rings. The minimum absolute atomic E-state index is 0.0302. The lowest BCUT2D eigenvalue weighted by atomic mass is 9.97. The van der Waals surface area contributed by atoms with Crippen LogP contribution in [0.4, 0.5) is 0 Å². The van der Waals surface area contributed by atoms with Crippen molar-refractivity contribution in [2.75, 3.05) is 27.1 Å². The largest absolute Gasteiger partial charge is 0.493 e. The maximum atomic E-state index is 13.8. The number of rotatable bonds is 9. The number of nitrogens with one attached hydrogen (secondary N) is 1. The number of hydrogen-bond donors (Lipinski definition) is 1. The number of thioether (sulfide) groups is 1. The molecule has 0 spiro atoms. The number of aromatic nitrogens is 2. The highest BCUT2D eigenvalue weighted by atomic mass is 32.2. The smallest absolute Gasteiger partial charge is 0.267 e. The third-order valence-electron chi connectivity index (χ3n) is 6.39. The molecule has 1 aliphatic carbocycles. The van der Waals surface area contributed by atoms with Crippen LogP contribution in [0.2, 0.25) is 0 Å². The predicted molar refractivity (Wildman–Crippen MR) is 154 cm³/mol. The summed E-state index contributed by atoms with van der Waals surface area (Å²) in [5.74, 6) is 1.13. The number of carbonyl (C=O) groups excluding carboxylic acids is 1. The lowest BCUT2D eigenvalue weighted by molar-refractivity contribution is -0.118. The Balaban J connectivity index is 1.37. The quantitative estimate of drug-likeness (QED) is 0.137. The Hall–Kier alpha value is -3.83. The fourth-order valence-electron chi connectivity index (χ4n) is 4.60. The van der Waals surface area contributed by atoms with Crippen LogP contribution in [0.25, 0.3) is 15.9 Å². The van der Waals surface area contributed by atoms with Gasteiger partial charge in [0.25, 0.3) is 11.5 Å². The summed E-state index contributed by atoms with van der Waals surface area (Å²) in [6, 6.07) is 12.9. The molecule has 39 heavy (non-hydrogen) atoms. The molecule has 4 aromatic rings. The molecule has 1 amide bonds. The summed E-state index contributed by atoms with van der Waals surface area (Å²) in [6.07, 6.45) is 5.59. The Kier molecular flexibility index (Phi) is 8.18. The van der Waals surface area contributed by atoms with E-state index in [9.17, 15) is 9.59 Å². The maximum absolute atomic E-state index is 13.8. The number of fused-ring (bicyclic) bond motifs is 3. The molecular formula is C28H28N4O5S2. The molecule has 0 radical (unpaired) electrons. The minimum atomic E-state index is -0.330. The van der Waals surface area contributed by atoms with Crippen LogP contribution in [-0.4, -0.2) is 48.8 Å². The molecule has 9 nitrogen and oxygen atoms in total. The van der Waals surface area contributed by atoms with Gasteiger partial charge in [0.05, 0.1) is 44.4 Å². The summed E-state index contributed by atoms with van der Waals surface area (Å²) in [5, 5.41) is 5.26. The normalized spacial score (nSPS) is 12.9. The standard InChI is InChI=1S/C28H28N4O5S2/c1-35-20-13-17(14-21(36-2)25(20)37-3)15-29-31-23(33)16-38-28-30-26-24(19-11-7-8-12-22(19)39-26)27(34)32(28)18-9-5-4-6-10-18/h4-6,9-10,13-15H,7-8,11-12,16H2,1-3H3,(H,31,33)/b29-15+. The van der Waals surface area contributed by atoms with E-state index in [0.717, 1.165) is 41.8 Å². The van der Waals surface area contributed by atoms with Crippen molar-refractivity contribution in [3.63, 3.8) is 0 Å². The van der Waals surface area contributed by atoms with E-state index >= 15 is 0 Å². The van der Waals surface area contributed by atoms with E-state index in [1.54, 1.807) is 28.0 Å². The van der Waals surface area contributed by atoms with Crippen LogP contribution in [0.15, 0.2) is 57.5 Å². The van der Waals surface area contributed by atoms with Crippen molar-refractivity contribution in [1.29, 1.82) is 0 Å². The first kappa shape index (κ1) is 26.8. The van der Waals surface area contributed by atoms with Crippen LogP contribution in [0.5, 0.6) is 17.2 Å². The second kappa shape index (κ2) is 11.9. The third-order valence-corrected chi connectivity index (χ3v) is 8.52. The minimum Gasteiger partial charge on any atom is -0.493 e. The zero-order valence-corrected chi connectivity index (χ0v) is 23.5. The molecule has 2 heterocycles. The lowest BCUT2D eigenvalue weighted by Gasteiger charge is -2.13. The Morgan fingerprint density at radius 2 is 1.82 bits per heavy atom. The number of ether oxygens (including phenoxy) is 3. The van der Waals surface area contributed by atoms with Gasteiger partial charge in [-0.2, -0.15) is 5.10 Å². The molecule has 0 saturated heterocycles. The van der Waals surface area contributed by atoms with E-state index < -0.39 is 0 Å². The SMILES string of the molecule is COc1cc(/C=N/NC(=O)CSc2nc3sc4c(c3c(=O)n2-c2ccccc2)CCCC4)cc(OC)c1OC. The van der Waals surface area contributed by atoms with Crippen LogP contribution in [-0.2, 0) is 17.6 Å². The van der Waals surface area contributed by atoms with E-state index in [2.05, 4.69) is 10.5 Å². The number of thiophene rings is 1. The third kappa shape index (κ3) is 5.50. The highest BCUT2D eigenvalue weighted by Crippen LogP contribution is 2.38. The van der Waals surface area contributed by atoms with Crippen LogP contribution in [0.3, 0.4) is 0 Å². The molecule has 2 aromatic heterocycles. The van der Waals surface area contributed by atoms with Crippen molar-refractivity contribution in [2.24, 2.45) is 5.10 Å². The molecule has 5 rings (SSSR count). The number of benzene rings is 2. The Bertz CT molecular complexity index is 1570. The van der Waals surface area contributed by atoms with Crippen molar-refractivity contribution < 1.29 is 19.0 Å². The molecule has 11 heteroatoms. The zero-order chi connectivity index (χ0) is 27.4. The van der Waals surface area contributed by atoms with Gasteiger partial charge in [-0.25, -0.2) is 10.4 Å². The van der Waals surface area contributed by atoms with E-state index in [0.29, 0.717) is 33.4 Å². The molecule has 0 atom stereocenters. The van der Waals surface area contributed by atoms with Gasteiger partial charge in [0.15, 0.2) is 16.7 Å². The van der Waals surface area contributed by atoms with Crippen molar-refractivity contribution >= 4 is 45.4 Å². The monoisotopic (exact) mass is 564 g/mol. The molecule has 0 saturated carbocycles. The molecule has 2 aromatic carbocycles. The van der Waals surface area contributed by atoms with Crippen molar-refractivity contribution in [1.82, 2.24) is 15.0 Å². The van der Waals surface area contributed by atoms with Gasteiger partial charge in [0.2, 0.25) is 5.75 Å². The number of nitrogens with zero attached hydrogens (tertiary/aromatic N) is 3. The molecule has 0 unspecified atom stereocenters. The molecule has 0 bridgehead atoms. The van der Waals surface area contributed by atoms with Crippen molar-refractivity contribution in [3.8, 4) is 22.9 Å². The number of amides is 1. The number of hydrazone groups is 1. The first-order valence-corrected chi connectivity index (χ1v) is 14.2. The summed E-state index contributed by atoms with van der Waals surface area (Å²) in [6.45, 7) is 0. The van der Waals surface area contributed by atoms with Gasteiger partial charge in [-0.3, -0.25) is 14.2 Å². The van der Waals surface area contributed by atoms with Gasteiger partial charge >= 0.3 is 0 Å². The van der Waals surface area contributed by atoms with Crippen LogP contribution >= 0.6 is 23.1 Å². The molecule has 0 aliphatic heterocycles. The second-order valence-electron chi connectivity index (χ2n) is 8.80. The van der Waals surface area contributed by atoms with Gasteiger partial charge in [-0.15, -0.1) is 11.3 Å². The highest BCUT2D eigenvalue weighted by Gasteiger charge is 2.23. The predicted octanol–water partition coefficient (Wildman–Crippen LogP) is 4.59. The Morgan fingerprint density at radius 1 is 1.10 bits per heavy atom. The summed E-state index contributed by atoms with van der Waals surface area (Å²) < 4.78 is 17.7. The van der Waals surface area contributed by atoms with Crippen molar-refractivity contribution in [2.45, 2.75) is 30.8 Å². The zero-order valence-electron chi connectivity index (χ0n) is 21.9. The summed E-state index contributed by atoms with van der Waals surface area (Å²) in [7, 11) is 4.59. The fraction of sp³-hybridized carbons (Fsp3) is 0.286. The summed E-state index contributed by atoms with van der Waals surface area (Å²) >= 11 is 2.80. The van der Waals surface area contributed by atoms with Crippen LogP contribution in [0, 0.1) is 0 Å². The van der Waals surface area contributed by atoms with Crippen molar-refractivity contribution in [3.05, 3.63) is 68.8 Å². The topological polar surface area (TPSA) is 104 Å². The van der Waals surface area contributed by atoms with E-state index in [-0.39, 0.29) is 17.2 Å². The van der Waals surface area contributed by atoms with Crippen LogP contribution < -0.4 is 25.2 Å². The van der Waals surface area contributed by atoms with E-state index in [4.69, 9.17) is 19.2 Å². The van der Waals surface area contributed by atoms with Crippen LogP contribution in [0.1, 0.15) is 28.8 Å². The number of para-hydroxylation sites is 1. The molecular weight excluding hydrogens is 536 g/mol. The number of hydrogen-bond acceptors (Lipinski definition) is 9. The number of methoxy groups -OCH3 is 3. The van der Waals surface area contributed by atoms with E-state index in [1.165, 1.54) is 44.2 Å². The van der Waals surface area contributed by atoms with E-state index in [1.807, 2.05) is 30.3 Å². The molecule has 1 N–H and O–H groups in total. The van der Waals surface area contributed by atoms with Gasteiger partial charge < -0.3 is 14.2 Å². The fourth-order valence-corrected chi connectivity index (χ4v) is 6.71. The van der Waals surface area contributed by atoms with Gasteiger partial charge in [0, 0.05) is 10.4 Å². The summed E-state index contributed by atoms with van der Waals surface area (Å²) in [4.78, 5) is 33.3. The van der Waals surface area contributed by atoms with Gasteiger partial charge in [-0.05, 0) is 55.5 Å². The average Bonchev–Trinajstić information content (AvgIpc) is 3.34. The number of aryl methyl sites for hydroxylation is 2.